The van der Waals surface area contributed by atoms with Crippen LogP contribution in [-0.2, 0) is 6.54 Å². The SMILES string of the molecule is CN(Cc1cc(=O)[nH]c2ccccc12)C(=O)c1cc2c(cc1Cl)OCCO2. The zero-order chi connectivity index (χ0) is 19.0. The van der Waals surface area contributed by atoms with Crippen LogP contribution in [0, 0.1) is 0 Å². The lowest BCUT2D eigenvalue weighted by atomic mass is 10.1. The number of fused-ring (bicyclic) bond motifs is 2. The average Bonchev–Trinajstić information content (AvgIpc) is 2.66. The third-order valence-electron chi connectivity index (χ3n) is 4.45. The minimum absolute atomic E-state index is 0.207. The molecule has 0 spiro atoms. The van der Waals surface area contributed by atoms with Crippen molar-refractivity contribution in [2.24, 2.45) is 0 Å². The second kappa shape index (κ2) is 6.96. The van der Waals surface area contributed by atoms with Gasteiger partial charge in [-0.3, -0.25) is 9.59 Å². The quantitative estimate of drug-likeness (QED) is 0.752. The van der Waals surface area contributed by atoms with Crippen LogP contribution in [0.25, 0.3) is 10.9 Å². The molecule has 138 valence electrons. The van der Waals surface area contributed by atoms with Crippen LogP contribution in [0.2, 0.25) is 5.02 Å². The molecule has 1 aliphatic rings. The normalized spacial score (nSPS) is 12.8. The number of nitrogens with one attached hydrogen (secondary N) is 1. The molecule has 2 aromatic carbocycles. The fraction of sp³-hybridized carbons (Fsp3) is 0.200. The topological polar surface area (TPSA) is 71.6 Å². The van der Waals surface area contributed by atoms with E-state index in [-0.39, 0.29) is 18.0 Å². The van der Waals surface area contributed by atoms with Crippen LogP contribution in [0.3, 0.4) is 0 Å². The Balaban J connectivity index is 1.65. The first-order chi connectivity index (χ1) is 13.0. The van der Waals surface area contributed by atoms with E-state index in [0.29, 0.717) is 35.3 Å². The van der Waals surface area contributed by atoms with Crippen molar-refractivity contribution in [1.82, 2.24) is 9.88 Å². The molecule has 0 saturated carbocycles. The Kier molecular flexibility index (Phi) is 4.49. The minimum Gasteiger partial charge on any atom is -0.486 e. The average molecular weight is 385 g/mol. The van der Waals surface area contributed by atoms with Crippen molar-refractivity contribution < 1.29 is 14.3 Å². The van der Waals surface area contributed by atoms with Gasteiger partial charge in [0.2, 0.25) is 5.56 Å². The summed E-state index contributed by atoms with van der Waals surface area (Å²) < 4.78 is 11.0. The number of aromatic amines is 1. The summed E-state index contributed by atoms with van der Waals surface area (Å²) in [6.45, 7) is 1.15. The van der Waals surface area contributed by atoms with Crippen LogP contribution < -0.4 is 15.0 Å². The van der Waals surface area contributed by atoms with Crippen LogP contribution in [-0.4, -0.2) is 36.1 Å². The predicted octanol–water partition coefficient (Wildman–Crippen LogP) is 3.22. The molecule has 2 heterocycles. The molecule has 0 atom stereocenters. The second-order valence-electron chi connectivity index (χ2n) is 6.34. The van der Waals surface area contributed by atoms with Gasteiger partial charge in [-0.15, -0.1) is 0 Å². The standard InChI is InChI=1S/C20H17ClN2O4/c1-23(11-12-8-19(24)22-16-5-3-2-4-13(12)16)20(25)14-9-17-18(10-15(14)21)27-7-6-26-17/h2-5,8-10H,6-7,11H2,1H3,(H,22,24). The molecule has 3 aromatic rings. The van der Waals surface area contributed by atoms with E-state index < -0.39 is 0 Å². The van der Waals surface area contributed by atoms with Crippen molar-refractivity contribution >= 4 is 28.4 Å². The summed E-state index contributed by atoms with van der Waals surface area (Å²) in [7, 11) is 1.67. The molecule has 1 N–H and O–H groups in total. The van der Waals surface area contributed by atoms with Gasteiger partial charge in [-0.05, 0) is 17.7 Å². The van der Waals surface area contributed by atoms with Gasteiger partial charge in [-0.25, -0.2) is 0 Å². The van der Waals surface area contributed by atoms with Gasteiger partial charge in [-0.1, -0.05) is 29.8 Å². The number of H-pyrrole nitrogens is 1. The fourth-order valence-corrected chi connectivity index (χ4v) is 3.40. The van der Waals surface area contributed by atoms with Crippen LogP contribution >= 0.6 is 11.6 Å². The highest BCUT2D eigenvalue weighted by molar-refractivity contribution is 6.34. The molecule has 4 rings (SSSR count). The minimum atomic E-state index is -0.263. The number of aromatic nitrogens is 1. The number of carbonyl (C=O) groups excluding carboxylic acids is 1. The van der Waals surface area contributed by atoms with E-state index in [1.165, 1.54) is 11.0 Å². The monoisotopic (exact) mass is 384 g/mol. The van der Waals surface area contributed by atoms with Crippen molar-refractivity contribution in [2.45, 2.75) is 6.54 Å². The smallest absolute Gasteiger partial charge is 0.255 e. The summed E-state index contributed by atoms with van der Waals surface area (Å²) in [4.78, 5) is 29.2. The number of benzene rings is 2. The molecule has 0 fully saturated rings. The second-order valence-corrected chi connectivity index (χ2v) is 6.75. The Morgan fingerprint density at radius 3 is 2.63 bits per heavy atom. The predicted molar refractivity (Wildman–Crippen MR) is 103 cm³/mol. The molecule has 27 heavy (non-hydrogen) atoms. The first-order valence-electron chi connectivity index (χ1n) is 8.48. The number of amides is 1. The highest BCUT2D eigenvalue weighted by Gasteiger charge is 2.22. The first kappa shape index (κ1) is 17.4. The number of carbonyl (C=O) groups is 1. The maximum atomic E-state index is 12.9. The van der Waals surface area contributed by atoms with Gasteiger partial charge < -0.3 is 19.4 Å². The number of para-hydroxylation sites is 1. The zero-order valence-corrected chi connectivity index (χ0v) is 15.4. The molecule has 7 heteroatoms. The van der Waals surface area contributed by atoms with Crippen molar-refractivity contribution in [3.63, 3.8) is 0 Å². The Hall–Kier alpha value is -2.99. The van der Waals surface area contributed by atoms with Crippen molar-refractivity contribution in [3.8, 4) is 11.5 Å². The molecule has 6 nitrogen and oxygen atoms in total. The van der Waals surface area contributed by atoms with Gasteiger partial charge in [0.15, 0.2) is 11.5 Å². The summed E-state index contributed by atoms with van der Waals surface area (Å²) >= 11 is 6.29. The Morgan fingerprint density at radius 1 is 1.15 bits per heavy atom. The summed E-state index contributed by atoms with van der Waals surface area (Å²) in [6, 6.07) is 12.2. The van der Waals surface area contributed by atoms with Gasteiger partial charge in [0.25, 0.3) is 5.91 Å². The van der Waals surface area contributed by atoms with E-state index in [2.05, 4.69) is 4.98 Å². The maximum absolute atomic E-state index is 12.9. The lowest BCUT2D eigenvalue weighted by molar-refractivity contribution is 0.0784. The third-order valence-corrected chi connectivity index (χ3v) is 4.77. The molecular formula is C20H17ClN2O4. The van der Waals surface area contributed by atoms with Crippen molar-refractivity contribution in [3.05, 3.63) is 69.0 Å². The molecule has 0 radical (unpaired) electrons. The number of pyridine rings is 1. The fourth-order valence-electron chi connectivity index (χ4n) is 3.17. The largest absolute Gasteiger partial charge is 0.486 e. The molecule has 0 aliphatic carbocycles. The molecule has 1 aliphatic heterocycles. The van der Waals surface area contributed by atoms with E-state index >= 15 is 0 Å². The maximum Gasteiger partial charge on any atom is 0.255 e. The lowest BCUT2D eigenvalue weighted by Crippen LogP contribution is -2.27. The number of nitrogens with zero attached hydrogens (tertiary/aromatic N) is 1. The zero-order valence-electron chi connectivity index (χ0n) is 14.6. The summed E-state index contributed by atoms with van der Waals surface area (Å²) in [5.41, 5.74) is 1.62. The molecule has 0 saturated heterocycles. The number of halogens is 1. The van der Waals surface area contributed by atoms with Crippen LogP contribution in [0.1, 0.15) is 15.9 Å². The summed E-state index contributed by atoms with van der Waals surface area (Å²) in [5, 5.41) is 1.19. The van der Waals surface area contributed by atoms with Crippen LogP contribution in [0.4, 0.5) is 0 Å². The third kappa shape index (κ3) is 3.36. The highest BCUT2D eigenvalue weighted by atomic mass is 35.5. The van der Waals surface area contributed by atoms with Gasteiger partial charge in [0.1, 0.15) is 13.2 Å². The van der Waals surface area contributed by atoms with Gasteiger partial charge in [0, 0.05) is 36.6 Å². The van der Waals surface area contributed by atoms with E-state index in [1.54, 1.807) is 19.2 Å². The Labute approximate surface area is 160 Å². The number of hydrogen-bond acceptors (Lipinski definition) is 4. The van der Waals surface area contributed by atoms with Crippen LogP contribution in [0.15, 0.2) is 47.3 Å². The molecule has 1 aromatic heterocycles. The summed E-state index contributed by atoms with van der Waals surface area (Å²) in [6.07, 6.45) is 0. The van der Waals surface area contributed by atoms with Crippen molar-refractivity contribution in [1.29, 1.82) is 0 Å². The Bertz CT molecular complexity index is 1090. The van der Waals surface area contributed by atoms with Crippen LogP contribution in [0.5, 0.6) is 11.5 Å². The van der Waals surface area contributed by atoms with E-state index in [1.807, 2.05) is 24.3 Å². The number of ether oxygens (including phenoxy) is 2. The van der Waals surface area contributed by atoms with Crippen molar-refractivity contribution in [2.75, 3.05) is 20.3 Å². The van der Waals surface area contributed by atoms with Gasteiger partial charge in [-0.2, -0.15) is 0 Å². The summed E-state index contributed by atoms with van der Waals surface area (Å²) in [5.74, 6) is 0.774. The molecule has 1 amide bonds. The molecular weight excluding hydrogens is 368 g/mol. The van der Waals surface area contributed by atoms with E-state index in [0.717, 1.165) is 16.5 Å². The number of rotatable bonds is 3. The van der Waals surface area contributed by atoms with E-state index in [4.69, 9.17) is 21.1 Å². The van der Waals surface area contributed by atoms with Gasteiger partial charge >= 0.3 is 0 Å². The molecule has 0 unspecified atom stereocenters. The first-order valence-corrected chi connectivity index (χ1v) is 8.86. The van der Waals surface area contributed by atoms with E-state index in [9.17, 15) is 9.59 Å². The molecule has 0 bridgehead atoms. The number of hydrogen-bond donors (Lipinski definition) is 1. The van der Waals surface area contributed by atoms with Gasteiger partial charge in [0.05, 0.1) is 10.6 Å². The Morgan fingerprint density at radius 2 is 1.85 bits per heavy atom. The highest BCUT2D eigenvalue weighted by Crippen LogP contribution is 2.35. The lowest BCUT2D eigenvalue weighted by Gasteiger charge is -2.22.